The van der Waals surface area contributed by atoms with Crippen molar-refractivity contribution in [1.82, 2.24) is 0 Å². The maximum Gasteiger partial charge on any atom is 0.133 e. The highest BCUT2D eigenvalue weighted by Crippen LogP contribution is 2.31. The van der Waals surface area contributed by atoms with Crippen LogP contribution < -0.4 is 4.74 Å². The summed E-state index contributed by atoms with van der Waals surface area (Å²) < 4.78 is 5.93. The van der Waals surface area contributed by atoms with Crippen LogP contribution in [0.1, 0.15) is 49.5 Å². The van der Waals surface area contributed by atoms with Crippen LogP contribution in [0, 0.1) is 6.92 Å². The molecule has 0 saturated carbocycles. The van der Waals surface area contributed by atoms with E-state index in [0.717, 1.165) is 11.3 Å². The maximum absolute atomic E-state index is 9.77. The fraction of sp³-hybridized carbons (Fsp3) is 0.333. The lowest BCUT2D eigenvalue weighted by Gasteiger charge is -2.15. The zero-order chi connectivity index (χ0) is 14.7. The molecule has 2 nitrogen and oxygen atoms in total. The van der Waals surface area contributed by atoms with E-state index in [1.54, 1.807) is 6.92 Å². The van der Waals surface area contributed by atoms with Gasteiger partial charge in [0.2, 0.25) is 0 Å². The van der Waals surface area contributed by atoms with Crippen LogP contribution in [0.4, 0.5) is 0 Å². The Balaban J connectivity index is 2.29. The lowest BCUT2D eigenvalue weighted by molar-refractivity contribution is 0.195. The molecule has 1 atom stereocenters. The molecule has 0 spiro atoms. The second kappa shape index (κ2) is 6.10. The van der Waals surface area contributed by atoms with Crippen molar-refractivity contribution in [3.05, 3.63) is 59.2 Å². The number of aryl methyl sites for hydroxylation is 1. The summed E-state index contributed by atoms with van der Waals surface area (Å²) >= 11 is 0. The van der Waals surface area contributed by atoms with Crippen LogP contribution in [0.15, 0.2) is 42.5 Å². The molecule has 0 heterocycles. The molecule has 2 heteroatoms. The van der Waals surface area contributed by atoms with Gasteiger partial charge in [-0.2, -0.15) is 0 Å². The second-order valence-corrected chi connectivity index (χ2v) is 5.49. The number of para-hydroxylation sites is 1. The molecular formula is C18H22O2. The van der Waals surface area contributed by atoms with E-state index in [1.807, 2.05) is 36.4 Å². The van der Waals surface area contributed by atoms with Gasteiger partial charge in [0, 0.05) is 5.56 Å². The summed E-state index contributed by atoms with van der Waals surface area (Å²) in [6.07, 6.45) is -0.540. The molecule has 0 amide bonds. The molecule has 2 aromatic rings. The molecule has 0 unspecified atom stereocenters. The monoisotopic (exact) mass is 270 g/mol. The van der Waals surface area contributed by atoms with Gasteiger partial charge in [-0.1, -0.05) is 38.1 Å². The van der Waals surface area contributed by atoms with E-state index < -0.39 is 6.10 Å². The number of aliphatic hydroxyl groups is 1. The summed E-state index contributed by atoms with van der Waals surface area (Å²) in [6.45, 7) is 8.22. The molecule has 0 aromatic heterocycles. The standard InChI is InChI=1S/C18H22O2/c1-12(2)16-10-9-15(11-13(16)3)20-18-8-6-5-7-17(18)14(4)19/h5-12,14,19H,1-4H3/t14-/m0/s1. The van der Waals surface area contributed by atoms with E-state index in [0.29, 0.717) is 11.7 Å². The van der Waals surface area contributed by atoms with Crippen molar-refractivity contribution in [3.63, 3.8) is 0 Å². The van der Waals surface area contributed by atoms with E-state index in [-0.39, 0.29) is 0 Å². The van der Waals surface area contributed by atoms with Crippen molar-refractivity contribution in [2.24, 2.45) is 0 Å². The highest BCUT2D eigenvalue weighted by atomic mass is 16.5. The van der Waals surface area contributed by atoms with Gasteiger partial charge in [0.25, 0.3) is 0 Å². The van der Waals surface area contributed by atoms with Crippen molar-refractivity contribution in [3.8, 4) is 11.5 Å². The van der Waals surface area contributed by atoms with Crippen LogP contribution in [0.5, 0.6) is 11.5 Å². The van der Waals surface area contributed by atoms with Crippen LogP contribution >= 0.6 is 0 Å². The Labute approximate surface area is 121 Å². The average molecular weight is 270 g/mol. The molecule has 0 aliphatic rings. The second-order valence-electron chi connectivity index (χ2n) is 5.49. The lowest BCUT2D eigenvalue weighted by atomic mass is 9.98. The van der Waals surface area contributed by atoms with Crippen molar-refractivity contribution in [2.45, 2.75) is 39.7 Å². The fourth-order valence-corrected chi connectivity index (χ4v) is 2.41. The average Bonchev–Trinajstić information content (AvgIpc) is 2.38. The third kappa shape index (κ3) is 3.20. The molecule has 2 aromatic carbocycles. The molecule has 1 N–H and O–H groups in total. The van der Waals surface area contributed by atoms with Crippen molar-refractivity contribution in [2.75, 3.05) is 0 Å². The minimum atomic E-state index is -0.540. The minimum absolute atomic E-state index is 0.508. The van der Waals surface area contributed by atoms with Gasteiger partial charge in [-0.25, -0.2) is 0 Å². The van der Waals surface area contributed by atoms with E-state index in [1.165, 1.54) is 11.1 Å². The molecular weight excluding hydrogens is 248 g/mol. The van der Waals surface area contributed by atoms with E-state index in [4.69, 9.17) is 4.74 Å². The number of benzene rings is 2. The summed E-state index contributed by atoms with van der Waals surface area (Å²) in [7, 11) is 0. The predicted octanol–water partition coefficient (Wildman–Crippen LogP) is 4.96. The lowest BCUT2D eigenvalue weighted by Crippen LogP contribution is -1.97. The molecule has 0 bridgehead atoms. The number of hydrogen-bond donors (Lipinski definition) is 1. The summed E-state index contributed by atoms with van der Waals surface area (Å²) in [5.74, 6) is 2.02. The van der Waals surface area contributed by atoms with Crippen LogP contribution in [0.25, 0.3) is 0 Å². The highest BCUT2D eigenvalue weighted by Gasteiger charge is 2.10. The molecule has 0 fully saturated rings. The number of rotatable bonds is 4. The Kier molecular flexibility index (Phi) is 4.46. The quantitative estimate of drug-likeness (QED) is 0.850. The first kappa shape index (κ1) is 14.6. The first-order valence-corrected chi connectivity index (χ1v) is 7.04. The van der Waals surface area contributed by atoms with Gasteiger partial charge in [0.15, 0.2) is 0 Å². The summed E-state index contributed by atoms with van der Waals surface area (Å²) in [4.78, 5) is 0. The zero-order valence-electron chi connectivity index (χ0n) is 12.6. The molecule has 2 rings (SSSR count). The maximum atomic E-state index is 9.77. The summed E-state index contributed by atoms with van der Waals surface area (Å²) in [5, 5.41) is 9.77. The SMILES string of the molecule is Cc1cc(Oc2ccccc2[C@H](C)O)ccc1C(C)C. The normalized spacial score (nSPS) is 12.5. The topological polar surface area (TPSA) is 29.5 Å². The summed E-state index contributed by atoms with van der Waals surface area (Å²) in [5.41, 5.74) is 3.37. The van der Waals surface area contributed by atoms with E-state index >= 15 is 0 Å². The van der Waals surface area contributed by atoms with Gasteiger partial charge in [0.1, 0.15) is 11.5 Å². The van der Waals surface area contributed by atoms with Gasteiger partial charge in [-0.3, -0.25) is 0 Å². The Bertz CT molecular complexity index is 586. The van der Waals surface area contributed by atoms with E-state index in [9.17, 15) is 5.11 Å². The van der Waals surface area contributed by atoms with Gasteiger partial charge in [0.05, 0.1) is 6.10 Å². The van der Waals surface area contributed by atoms with Gasteiger partial charge >= 0.3 is 0 Å². The Morgan fingerprint density at radius 1 is 0.950 bits per heavy atom. The largest absolute Gasteiger partial charge is 0.457 e. The highest BCUT2D eigenvalue weighted by molar-refractivity contribution is 5.42. The number of ether oxygens (including phenoxy) is 1. The van der Waals surface area contributed by atoms with Crippen LogP contribution in [-0.4, -0.2) is 5.11 Å². The van der Waals surface area contributed by atoms with Crippen molar-refractivity contribution < 1.29 is 9.84 Å². The van der Waals surface area contributed by atoms with Crippen molar-refractivity contribution >= 4 is 0 Å². The minimum Gasteiger partial charge on any atom is -0.457 e. The molecule has 106 valence electrons. The number of aliphatic hydroxyl groups excluding tert-OH is 1. The van der Waals surface area contributed by atoms with Crippen LogP contribution in [0.2, 0.25) is 0 Å². The van der Waals surface area contributed by atoms with Crippen LogP contribution in [0.3, 0.4) is 0 Å². The smallest absolute Gasteiger partial charge is 0.133 e. The third-order valence-corrected chi connectivity index (χ3v) is 3.46. The third-order valence-electron chi connectivity index (χ3n) is 3.46. The summed E-state index contributed by atoms with van der Waals surface area (Å²) in [6, 6.07) is 13.7. The molecule has 0 aliphatic carbocycles. The zero-order valence-corrected chi connectivity index (χ0v) is 12.6. The van der Waals surface area contributed by atoms with E-state index in [2.05, 4.69) is 26.8 Å². The van der Waals surface area contributed by atoms with Crippen molar-refractivity contribution in [1.29, 1.82) is 0 Å². The van der Waals surface area contributed by atoms with Gasteiger partial charge < -0.3 is 9.84 Å². The molecule has 0 radical (unpaired) electrons. The predicted molar refractivity (Wildman–Crippen MR) is 82.4 cm³/mol. The van der Waals surface area contributed by atoms with Gasteiger partial charge in [-0.15, -0.1) is 0 Å². The number of hydrogen-bond acceptors (Lipinski definition) is 2. The Morgan fingerprint density at radius 3 is 2.25 bits per heavy atom. The molecule has 0 saturated heterocycles. The van der Waals surface area contributed by atoms with Crippen LogP contribution in [-0.2, 0) is 0 Å². The molecule has 20 heavy (non-hydrogen) atoms. The molecule has 0 aliphatic heterocycles. The van der Waals surface area contributed by atoms with Gasteiger partial charge in [-0.05, 0) is 49.1 Å². The Hall–Kier alpha value is -1.80. The fourth-order valence-electron chi connectivity index (χ4n) is 2.41. The Morgan fingerprint density at radius 2 is 1.65 bits per heavy atom. The first-order chi connectivity index (χ1) is 9.49. The first-order valence-electron chi connectivity index (χ1n) is 7.04.